The van der Waals surface area contributed by atoms with Gasteiger partial charge in [0.05, 0.1) is 11.5 Å². The van der Waals surface area contributed by atoms with E-state index in [1.807, 2.05) is 0 Å². The zero-order valence-corrected chi connectivity index (χ0v) is 13.5. The molecule has 1 aromatic rings. The number of hydrogen-bond donors (Lipinski definition) is 0. The maximum atomic E-state index is 11.5. The average Bonchev–Trinajstić information content (AvgIpc) is 2.35. The van der Waals surface area contributed by atoms with Crippen molar-refractivity contribution in [2.75, 3.05) is 6.61 Å². The molecule has 5 heteroatoms. The lowest BCUT2D eigenvalue weighted by atomic mass is 9.86. The van der Waals surface area contributed by atoms with Crippen molar-refractivity contribution in [2.45, 2.75) is 50.3 Å². The Bertz CT molecular complexity index is 564. The molecule has 1 fully saturated rings. The van der Waals surface area contributed by atoms with Crippen LogP contribution in [-0.2, 0) is 9.05 Å². The first-order valence-corrected chi connectivity index (χ1v) is 9.44. The van der Waals surface area contributed by atoms with Crippen LogP contribution >= 0.6 is 10.7 Å². The zero-order chi connectivity index (χ0) is 14.8. The van der Waals surface area contributed by atoms with E-state index in [9.17, 15) is 8.42 Å². The van der Waals surface area contributed by atoms with Crippen molar-refractivity contribution in [3.63, 3.8) is 0 Å². The van der Waals surface area contributed by atoms with Gasteiger partial charge in [0.1, 0.15) is 5.75 Å². The Morgan fingerprint density at radius 2 is 2.10 bits per heavy atom. The molecule has 0 bridgehead atoms. The summed E-state index contributed by atoms with van der Waals surface area (Å²) in [6, 6.07) is 4.90. The average molecular weight is 317 g/mol. The van der Waals surface area contributed by atoms with Crippen LogP contribution in [0.15, 0.2) is 23.1 Å². The van der Waals surface area contributed by atoms with Crippen LogP contribution in [-0.4, -0.2) is 15.0 Å². The molecule has 0 N–H and O–H groups in total. The molecule has 1 saturated carbocycles. The number of rotatable bonds is 6. The van der Waals surface area contributed by atoms with Gasteiger partial charge in [0.15, 0.2) is 0 Å². The van der Waals surface area contributed by atoms with Gasteiger partial charge in [-0.05, 0) is 54.9 Å². The first-order valence-electron chi connectivity index (χ1n) is 7.13. The van der Waals surface area contributed by atoms with Gasteiger partial charge in [0.2, 0.25) is 0 Å². The number of benzene rings is 1. The third kappa shape index (κ3) is 3.67. The van der Waals surface area contributed by atoms with Gasteiger partial charge in [-0.1, -0.05) is 20.3 Å². The van der Waals surface area contributed by atoms with Crippen LogP contribution in [0.4, 0.5) is 0 Å². The molecule has 1 aliphatic carbocycles. The molecule has 3 nitrogen and oxygen atoms in total. The lowest BCUT2D eigenvalue weighted by Gasteiger charge is -2.26. The molecule has 1 aliphatic rings. The summed E-state index contributed by atoms with van der Waals surface area (Å²) in [6.07, 6.45) is 4.67. The molecule has 1 atom stereocenters. The summed E-state index contributed by atoms with van der Waals surface area (Å²) in [4.78, 5) is 0.144. The molecule has 20 heavy (non-hydrogen) atoms. The fourth-order valence-corrected chi connectivity index (χ4v) is 3.07. The molecule has 1 unspecified atom stereocenters. The second kappa shape index (κ2) is 6.35. The molecule has 2 rings (SSSR count). The van der Waals surface area contributed by atoms with Crippen molar-refractivity contribution >= 4 is 19.7 Å². The van der Waals surface area contributed by atoms with E-state index in [2.05, 4.69) is 13.8 Å². The Balaban J connectivity index is 2.24. The molecule has 0 aliphatic heterocycles. The molecule has 112 valence electrons. The Labute approximate surface area is 125 Å². The third-order valence-corrected chi connectivity index (χ3v) is 5.46. The van der Waals surface area contributed by atoms with Gasteiger partial charge in [0, 0.05) is 10.7 Å². The smallest absolute Gasteiger partial charge is 0.261 e. The predicted octanol–water partition coefficient (Wildman–Crippen LogP) is 4.31. The SMILES string of the molecule is CCC(C)c1cc(S(=O)(=O)Cl)ccc1OCC1CCC1. The predicted molar refractivity (Wildman–Crippen MR) is 81.0 cm³/mol. The van der Waals surface area contributed by atoms with Crippen LogP contribution in [0.25, 0.3) is 0 Å². The van der Waals surface area contributed by atoms with Crippen LogP contribution < -0.4 is 4.74 Å². The van der Waals surface area contributed by atoms with Crippen LogP contribution in [0.1, 0.15) is 51.0 Å². The molecule has 0 spiro atoms. The van der Waals surface area contributed by atoms with Gasteiger partial charge >= 0.3 is 0 Å². The molecular weight excluding hydrogens is 296 g/mol. The lowest BCUT2D eigenvalue weighted by molar-refractivity contribution is 0.179. The van der Waals surface area contributed by atoms with Gasteiger partial charge < -0.3 is 4.74 Å². The summed E-state index contributed by atoms with van der Waals surface area (Å²) >= 11 is 0. The van der Waals surface area contributed by atoms with E-state index in [4.69, 9.17) is 15.4 Å². The minimum absolute atomic E-state index is 0.144. The van der Waals surface area contributed by atoms with E-state index in [-0.39, 0.29) is 10.8 Å². The van der Waals surface area contributed by atoms with E-state index in [0.717, 1.165) is 24.3 Å². The molecule has 0 saturated heterocycles. The number of halogens is 1. The van der Waals surface area contributed by atoms with Gasteiger partial charge in [-0.15, -0.1) is 0 Å². The summed E-state index contributed by atoms with van der Waals surface area (Å²) in [6.45, 7) is 4.86. The van der Waals surface area contributed by atoms with E-state index < -0.39 is 9.05 Å². The summed E-state index contributed by atoms with van der Waals surface area (Å²) in [5.74, 6) is 1.68. The van der Waals surface area contributed by atoms with Crippen molar-refractivity contribution in [3.8, 4) is 5.75 Å². The summed E-state index contributed by atoms with van der Waals surface area (Å²) < 4.78 is 28.8. The van der Waals surface area contributed by atoms with Crippen LogP contribution in [0.2, 0.25) is 0 Å². The van der Waals surface area contributed by atoms with Crippen LogP contribution in [0.3, 0.4) is 0 Å². The first kappa shape index (κ1) is 15.6. The van der Waals surface area contributed by atoms with Gasteiger partial charge in [0.25, 0.3) is 9.05 Å². The highest BCUT2D eigenvalue weighted by Crippen LogP contribution is 2.34. The van der Waals surface area contributed by atoms with E-state index >= 15 is 0 Å². The Hall–Kier alpha value is -0.740. The Morgan fingerprint density at radius 1 is 1.40 bits per heavy atom. The molecule has 0 aromatic heterocycles. The maximum Gasteiger partial charge on any atom is 0.261 e. The summed E-state index contributed by atoms with van der Waals surface area (Å²) in [7, 11) is 1.73. The van der Waals surface area contributed by atoms with Crippen molar-refractivity contribution in [1.82, 2.24) is 0 Å². The van der Waals surface area contributed by atoms with Crippen LogP contribution in [0.5, 0.6) is 5.75 Å². The highest BCUT2D eigenvalue weighted by Gasteiger charge is 2.20. The fraction of sp³-hybridized carbons (Fsp3) is 0.600. The number of hydrogen-bond acceptors (Lipinski definition) is 3. The van der Waals surface area contributed by atoms with Gasteiger partial charge in [-0.25, -0.2) is 8.42 Å². The van der Waals surface area contributed by atoms with Gasteiger partial charge in [-0.2, -0.15) is 0 Å². The largest absolute Gasteiger partial charge is 0.493 e. The van der Waals surface area contributed by atoms with E-state index in [1.165, 1.54) is 25.3 Å². The minimum atomic E-state index is -3.69. The highest BCUT2D eigenvalue weighted by molar-refractivity contribution is 8.13. The number of ether oxygens (including phenoxy) is 1. The standard InChI is InChI=1S/C15H21ClO3S/c1-3-11(2)14-9-13(20(16,17)18)7-8-15(14)19-10-12-5-4-6-12/h7-9,11-12H,3-6,10H2,1-2H3. The summed E-state index contributed by atoms with van der Waals surface area (Å²) in [5, 5.41) is 0. The second-order valence-electron chi connectivity index (χ2n) is 5.55. The first-order chi connectivity index (χ1) is 9.41. The minimum Gasteiger partial charge on any atom is -0.493 e. The van der Waals surface area contributed by atoms with Crippen molar-refractivity contribution in [1.29, 1.82) is 0 Å². The van der Waals surface area contributed by atoms with Crippen LogP contribution in [0, 0.1) is 5.92 Å². The lowest BCUT2D eigenvalue weighted by Crippen LogP contribution is -2.19. The molecular formula is C15H21ClO3S. The maximum absolute atomic E-state index is 11.5. The molecule has 0 amide bonds. The zero-order valence-electron chi connectivity index (χ0n) is 11.9. The fourth-order valence-electron chi connectivity index (χ4n) is 2.28. The van der Waals surface area contributed by atoms with Crippen molar-refractivity contribution in [3.05, 3.63) is 23.8 Å². The molecule has 1 aromatic carbocycles. The second-order valence-corrected chi connectivity index (χ2v) is 8.12. The van der Waals surface area contributed by atoms with Crippen molar-refractivity contribution < 1.29 is 13.2 Å². The van der Waals surface area contributed by atoms with Crippen molar-refractivity contribution in [2.24, 2.45) is 5.92 Å². The normalized spacial score (nSPS) is 17.6. The monoisotopic (exact) mass is 316 g/mol. The summed E-state index contributed by atoms with van der Waals surface area (Å²) in [5.41, 5.74) is 0.925. The third-order valence-electron chi connectivity index (χ3n) is 4.11. The Kier molecular flexibility index (Phi) is 4.97. The van der Waals surface area contributed by atoms with Gasteiger partial charge in [-0.3, -0.25) is 0 Å². The topological polar surface area (TPSA) is 43.4 Å². The highest BCUT2D eigenvalue weighted by atomic mass is 35.7. The van der Waals surface area contributed by atoms with E-state index in [0.29, 0.717) is 5.92 Å². The Morgan fingerprint density at radius 3 is 2.60 bits per heavy atom. The molecule has 0 radical (unpaired) electrons. The quantitative estimate of drug-likeness (QED) is 0.735. The van der Waals surface area contributed by atoms with E-state index in [1.54, 1.807) is 12.1 Å². The molecule has 0 heterocycles.